The van der Waals surface area contributed by atoms with Gasteiger partial charge in [-0.05, 0) is 38.5 Å². The molecule has 2 aromatic rings. The van der Waals surface area contributed by atoms with E-state index in [1.165, 1.54) is 6.07 Å². The second-order valence-corrected chi connectivity index (χ2v) is 4.12. The predicted molar refractivity (Wildman–Crippen MR) is 65.1 cm³/mol. The van der Waals surface area contributed by atoms with Crippen molar-refractivity contribution in [1.82, 2.24) is 5.16 Å². The molecule has 4 nitrogen and oxygen atoms in total. The Kier molecular flexibility index (Phi) is 3.14. The molecule has 1 amide bonds. The van der Waals surface area contributed by atoms with E-state index in [2.05, 4.69) is 10.5 Å². The molecule has 0 fully saturated rings. The van der Waals surface area contributed by atoms with E-state index >= 15 is 0 Å². The molecule has 18 heavy (non-hydrogen) atoms. The first-order valence-corrected chi connectivity index (χ1v) is 5.49. The molecule has 2 rings (SSSR count). The lowest BCUT2D eigenvalue weighted by Crippen LogP contribution is -2.13. The minimum Gasteiger partial charge on any atom is -0.361 e. The van der Waals surface area contributed by atoms with Crippen LogP contribution in [0.3, 0.4) is 0 Å². The van der Waals surface area contributed by atoms with Crippen molar-refractivity contribution in [2.45, 2.75) is 20.8 Å². The Balaban J connectivity index is 2.24. The lowest BCUT2D eigenvalue weighted by molar-refractivity contribution is 0.102. The quantitative estimate of drug-likeness (QED) is 0.888. The number of aryl methyl sites for hydroxylation is 3. The van der Waals surface area contributed by atoms with E-state index in [-0.39, 0.29) is 11.7 Å². The molecular weight excluding hydrogens is 235 g/mol. The summed E-state index contributed by atoms with van der Waals surface area (Å²) < 4.78 is 18.3. The summed E-state index contributed by atoms with van der Waals surface area (Å²) in [4.78, 5) is 12.0. The first kappa shape index (κ1) is 12.3. The average Bonchev–Trinajstić information content (AvgIpc) is 2.64. The molecule has 0 unspecified atom stereocenters. The summed E-state index contributed by atoms with van der Waals surface area (Å²) in [6.45, 7) is 5.00. The molecule has 0 bridgehead atoms. The van der Waals surface area contributed by atoms with E-state index in [9.17, 15) is 9.18 Å². The van der Waals surface area contributed by atoms with Gasteiger partial charge < -0.3 is 9.84 Å². The largest absolute Gasteiger partial charge is 0.361 e. The maximum Gasteiger partial charge on any atom is 0.261 e. The Labute approximate surface area is 104 Å². The number of carbonyl (C=O) groups is 1. The van der Waals surface area contributed by atoms with Gasteiger partial charge in [0, 0.05) is 5.69 Å². The van der Waals surface area contributed by atoms with Crippen molar-refractivity contribution in [2.75, 3.05) is 5.32 Å². The van der Waals surface area contributed by atoms with Crippen LogP contribution in [0.5, 0.6) is 0 Å². The smallest absolute Gasteiger partial charge is 0.261 e. The number of hydrogen-bond donors (Lipinski definition) is 1. The number of halogens is 1. The summed E-state index contributed by atoms with van der Waals surface area (Å²) in [5.41, 5.74) is 1.84. The Hall–Kier alpha value is -2.17. The van der Waals surface area contributed by atoms with Gasteiger partial charge in [-0.2, -0.15) is 0 Å². The molecule has 0 atom stereocenters. The minimum absolute atomic E-state index is 0.352. The van der Waals surface area contributed by atoms with Crippen LogP contribution in [0.15, 0.2) is 22.7 Å². The molecule has 1 N–H and O–H groups in total. The summed E-state index contributed by atoms with van der Waals surface area (Å²) in [5, 5.41) is 6.32. The van der Waals surface area contributed by atoms with E-state index < -0.39 is 0 Å². The van der Waals surface area contributed by atoms with Gasteiger partial charge in [0.1, 0.15) is 17.1 Å². The topological polar surface area (TPSA) is 55.1 Å². The molecule has 0 saturated carbocycles. The molecule has 5 heteroatoms. The number of rotatable bonds is 2. The fourth-order valence-electron chi connectivity index (χ4n) is 1.67. The molecular formula is C13H13FN2O2. The van der Waals surface area contributed by atoms with Crippen molar-refractivity contribution in [3.8, 4) is 0 Å². The molecule has 0 aliphatic carbocycles. The van der Waals surface area contributed by atoms with Gasteiger partial charge in [0.15, 0.2) is 0 Å². The van der Waals surface area contributed by atoms with Crippen molar-refractivity contribution in [3.63, 3.8) is 0 Å². The van der Waals surface area contributed by atoms with Crippen molar-refractivity contribution in [2.24, 2.45) is 0 Å². The Morgan fingerprint density at radius 1 is 1.33 bits per heavy atom. The third-order valence-electron chi connectivity index (χ3n) is 2.69. The van der Waals surface area contributed by atoms with Crippen LogP contribution in [0.4, 0.5) is 10.1 Å². The normalized spacial score (nSPS) is 10.4. The van der Waals surface area contributed by atoms with Crippen molar-refractivity contribution >= 4 is 11.6 Å². The Morgan fingerprint density at radius 2 is 2.06 bits per heavy atom. The first-order chi connectivity index (χ1) is 8.49. The number of benzene rings is 1. The zero-order valence-corrected chi connectivity index (χ0v) is 10.4. The fraction of sp³-hybridized carbons (Fsp3) is 0.231. The molecule has 0 aliphatic heterocycles. The average molecular weight is 248 g/mol. The van der Waals surface area contributed by atoms with Gasteiger partial charge in [-0.25, -0.2) is 4.39 Å². The predicted octanol–water partition coefficient (Wildman–Crippen LogP) is 2.99. The van der Waals surface area contributed by atoms with Crippen LogP contribution in [0.2, 0.25) is 0 Å². The Bertz CT molecular complexity index is 586. The van der Waals surface area contributed by atoms with Crippen LogP contribution in [-0.2, 0) is 0 Å². The van der Waals surface area contributed by atoms with E-state index in [0.717, 1.165) is 0 Å². The monoisotopic (exact) mass is 248 g/mol. The summed E-state index contributed by atoms with van der Waals surface area (Å²) in [5.74, 6) is -0.265. The molecule has 94 valence electrons. The van der Waals surface area contributed by atoms with Gasteiger partial charge in [0.25, 0.3) is 5.91 Å². The van der Waals surface area contributed by atoms with E-state index in [4.69, 9.17) is 4.52 Å². The third-order valence-corrected chi connectivity index (χ3v) is 2.69. The van der Waals surface area contributed by atoms with Gasteiger partial charge in [0.2, 0.25) is 0 Å². The van der Waals surface area contributed by atoms with E-state index in [1.54, 1.807) is 32.9 Å². The van der Waals surface area contributed by atoms with E-state index in [0.29, 0.717) is 28.3 Å². The fourth-order valence-corrected chi connectivity index (χ4v) is 1.67. The lowest BCUT2D eigenvalue weighted by atomic mass is 10.1. The van der Waals surface area contributed by atoms with Crippen LogP contribution in [-0.4, -0.2) is 11.1 Å². The third kappa shape index (κ3) is 2.25. The SMILES string of the molecule is Cc1ccc(NC(=O)c2c(C)noc2C)cc1F. The van der Waals surface area contributed by atoms with Crippen molar-refractivity contribution in [1.29, 1.82) is 0 Å². The van der Waals surface area contributed by atoms with Gasteiger partial charge >= 0.3 is 0 Å². The van der Waals surface area contributed by atoms with Crippen LogP contribution in [0, 0.1) is 26.6 Å². The van der Waals surface area contributed by atoms with Crippen LogP contribution in [0.1, 0.15) is 27.4 Å². The maximum absolute atomic E-state index is 13.3. The zero-order valence-electron chi connectivity index (χ0n) is 10.4. The highest BCUT2D eigenvalue weighted by molar-refractivity contribution is 6.05. The number of nitrogens with zero attached hydrogens (tertiary/aromatic N) is 1. The van der Waals surface area contributed by atoms with Gasteiger partial charge in [0.05, 0.1) is 5.69 Å². The number of aromatic nitrogens is 1. The second-order valence-electron chi connectivity index (χ2n) is 4.12. The number of carbonyl (C=O) groups excluding carboxylic acids is 1. The van der Waals surface area contributed by atoms with E-state index in [1.807, 2.05) is 0 Å². The number of hydrogen-bond acceptors (Lipinski definition) is 3. The second kappa shape index (κ2) is 4.60. The highest BCUT2D eigenvalue weighted by Crippen LogP contribution is 2.17. The first-order valence-electron chi connectivity index (χ1n) is 5.49. The van der Waals surface area contributed by atoms with Crippen molar-refractivity contribution in [3.05, 3.63) is 46.6 Å². The summed E-state index contributed by atoms with van der Waals surface area (Å²) >= 11 is 0. The Morgan fingerprint density at radius 3 is 2.61 bits per heavy atom. The maximum atomic E-state index is 13.3. The summed E-state index contributed by atoms with van der Waals surface area (Å²) in [7, 11) is 0. The number of amides is 1. The highest BCUT2D eigenvalue weighted by Gasteiger charge is 2.17. The molecule has 0 saturated heterocycles. The van der Waals surface area contributed by atoms with Crippen LogP contribution < -0.4 is 5.32 Å². The molecule has 0 spiro atoms. The van der Waals surface area contributed by atoms with Gasteiger partial charge in [-0.1, -0.05) is 11.2 Å². The summed E-state index contributed by atoms with van der Waals surface area (Å²) in [6.07, 6.45) is 0. The van der Waals surface area contributed by atoms with Gasteiger partial charge in [-0.3, -0.25) is 4.79 Å². The number of nitrogens with one attached hydrogen (secondary N) is 1. The molecule has 1 aromatic heterocycles. The molecule has 0 aliphatic rings. The van der Waals surface area contributed by atoms with Crippen molar-refractivity contribution < 1.29 is 13.7 Å². The molecule has 1 heterocycles. The van der Waals surface area contributed by atoms with Crippen LogP contribution >= 0.6 is 0 Å². The summed E-state index contributed by atoms with van der Waals surface area (Å²) in [6, 6.07) is 4.54. The lowest BCUT2D eigenvalue weighted by Gasteiger charge is -2.05. The van der Waals surface area contributed by atoms with Crippen LogP contribution in [0.25, 0.3) is 0 Å². The molecule has 0 radical (unpaired) electrons. The molecule has 1 aromatic carbocycles. The standard InChI is InChI=1S/C13H13FN2O2/c1-7-4-5-10(6-11(7)14)15-13(17)12-8(2)16-18-9(12)3/h4-6H,1-3H3,(H,15,17). The van der Waals surface area contributed by atoms with Gasteiger partial charge in [-0.15, -0.1) is 0 Å². The highest BCUT2D eigenvalue weighted by atomic mass is 19.1. The zero-order chi connectivity index (χ0) is 13.3. The minimum atomic E-state index is -0.355. The number of anilines is 1.